The van der Waals surface area contributed by atoms with Gasteiger partial charge in [0.2, 0.25) is 11.8 Å². The Kier molecular flexibility index (Phi) is 7.54. The number of amides is 2. The maximum atomic E-state index is 12.1. The topological polar surface area (TPSA) is 84.7 Å². The predicted octanol–water partition coefficient (Wildman–Crippen LogP) is 0.115. The Hall–Kier alpha value is -1.14. The molecular formula is C14H27N3O3. The lowest BCUT2D eigenvalue weighted by Crippen LogP contribution is -2.40. The van der Waals surface area contributed by atoms with Gasteiger partial charge in [-0.1, -0.05) is 6.42 Å². The van der Waals surface area contributed by atoms with Gasteiger partial charge in [-0.25, -0.2) is 0 Å². The van der Waals surface area contributed by atoms with Crippen molar-refractivity contribution in [2.75, 3.05) is 33.9 Å². The average molecular weight is 285 g/mol. The minimum Gasteiger partial charge on any atom is -0.383 e. The molecule has 2 atom stereocenters. The summed E-state index contributed by atoms with van der Waals surface area (Å²) in [6, 6.07) is 0.226. The number of nitrogens with one attached hydrogen (secondary N) is 1. The van der Waals surface area contributed by atoms with Crippen molar-refractivity contribution >= 4 is 11.8 Å². The van der Waals surface area contributed by atoms with E-state index in [4.69, 9.17) is 10.5 Å². The van der Waals surface area contributed by atoms with Crippen molar-refractivity contribution in [3.05, 3.63) is 0 Å². The zero-order valence-electron chi connectivity index (χ0n) is 12.6. The Labute approximate surface area is 121 Å². The molecule has 6 heteroatoms. The zero-order valence-corrected chi connectivity index (χ0v) is 12.6. The molecule has 1 aliphatic rings. The summed E-state index contributed by atoms with van der Waals surface area (Å²) < 4.78 is 4.85. The molecule has 0 spiro atoms. The van der Waals surface area contributed by atoms with Crippen LogP contribution in [-0.4, -0.2) is 56.6 Å². The highest BCUT2D eigenvalue weighted by Crippen LogP contribution is 2.26. The molecule has 116 valence electrons. The number of hydrogen-bond donors (Lipinski definition) is 2. The van der Waals surface area contributed by atoms with E-state index in [-0.39, 0.29) is 24.4 Å². The third-order valence-electron chi connectivity index (χ3n) is 3.72. The van der Waals surface area contributed by atoms with Crippen molar-refractivity contribution in [3.63, 3.8) is 0 Å². The van der Waals surface area contributed by atoms with E-state index in [0.29, 0.717) is 25.5 Å². The summed E-state index contributed by atoms with van der Waals surface area (Å²) in [4.78, 5) is 25.1. The van der Waals surface area contributed by atoms with Gasteiger partial charge in [0.1, 0.15) is 0 Å². The Morgan fingerprint density at radius 3 is 2.80 bits per heavy atom. The van der Waals surface area contributed by atoms with Crippen LogP contribution in [0, 0.1) is 5.92 Å². The van der Waals surface area contributed by atoms with Crippen molar-refractivity contribution in [1.82, 2.24) is 10.2 Å². The summed E-state index contributed by atoms with van der Waals surface area (Å²) in [5.74, 6) is 0.231. The molecular weight excluding hydrogens is 258 g/mol. The molecule has 0 aromatic heterocycles. The van der Waals surface area contributed by atoms with Crippen molar-refractivity contribution in [1.29, 1.82) is 0 Å². The van der Waals surface area contributed by atoms with Gasteiger partial charge in [-0.2, -0.15) is 0 Å². The minimum atomic E-state index is -0.154. The second kappa shape index (κ2) is 8.92. The molecule has 0 aromatic carbocycles. The van der Waals surface area contributed by atoms with E-state index >= 15 is 0 Å². The third kappa shape index (κ3) is 6.34. The van der Waals surface area contributed by atoms with Crippen LogP contribution in [0.4, 0.5) is 0 Å². The lowest BCUT2D eigenvalue weighted by atomic mass is 9.84. The largest absolute Gasteiger partial charge is 0.383 e. The predicted molar refractivity (Wildman–Crippen MR) is 77.1 cm³/mol. The van der Waals surface area contributed by atoms with Gasteiger partial charge in [0.15, 0.2) is 0 Å². The quantitative estimate of drug-likeness (QED) is 0.650. The second-order valence-corrected chi connectivity index (χ2v) is 5.59. The van der Waals surface area contributed by atoms with Crippen molar-refractivity contribution in [3.8, 4) is 0 Å². The molecule has 3 N–H and O–H groups in total. The Morgan fingerprint density at radius 2 is 2.15 bits per heavy atom. The fourth-order valence-corrected chi connectivity index (χ4v) is 2.57. The Balaban J connectivity index is 2.26. The maximum Gasteiger partial charge on any atom is 0.239 e. The molecule has 1 rings (SSSR count). The highest BCUT2D eigenvalue weighted by molar-refractivity contribution is 5.84. The molecule has 2 unspecified atom stereocenters. The van der Waals surface area contributed by atoms with Crippen LogP contribution in [0.1, 0.15) is 32.1 Å². The number of rotatable bonds is 7. The fraction of sp³-hybridized carbons (Fsp3) is 0.857. The van der Waals surface area contributed by atoms with Gasteiger partial charge < -0.3 is 20.7 Å². The Bertz CT molecular complexity index is 323. The summed E-state index contributed by atoms with van der Waals surface area (Å²) in [5.41, 5.74) is 5.92. The summed E-state index contributed by atoms with van der Waals surface area (Å²) in [6.07, 6.45) is 4.63. The molecule has 0 bridgehead atoms. The second-order valence-electron chi connectivity index (χ2n) is 5.59. The van der Waals surface area contributed by atoms with Crippen LogP contribution in [-0.2, 0) is 14.3 Å². The molecule has 1 saturated carbocycles. The van der Waals surface area contributed by atoms with Gasteiger partial charge >= 0.3 is 0 Å². The monoisotopic (exact) mass is 285 g/mol. The maximum absolute atomic E-state index is 12.1. The zero-order chi connectivity index (χ0) is 15.0. The van der Waals surface area contributed by atoms with E-state index in [1.54, 1.807) is 14.2 Å². The van der Waals surface area contributed by atoms with E-state index in [9.17, 15) is 9.59 Å². The number of nitrogens with two attached hydrogens (primary N) is 1. The first-order valence-corrected chi connectivity index (χ1v) is 7.28. The number of likely N-dealkylation sites (N-methyl/N-ethyl adjacent to an activating group) is 1. The van der Waals surface area contributed by atoms with Gasteiger partial charge in [0.25, 0.3) is 0 Å². The smallest absolute Gasteiger partial charge is 0.239 e. The van der Waals surface area contributed by atoms with Crippen LogP contribution in [0.5, 0.6) is 0 Å². The number of carbonyl (C=O) groups excluding carboxylic acids is 2. The molecule has 2 amide bonds. The number of methoxy groups -OCH3 is 1. The van der Waals surface area contributed by atoms with Gasteiger partial charge in [0, 0.05) is 33.2 Å². The van der Waals surface area contributed by atoms with Gasteiger partial charge in [-0.3, -0.25) is 9.59 Å². The van der Waals surface area contributed by atoms with Crippen LogP contribution < -0.4 is 11.1 Å². The number of ether oxygens (including phenoxy) is 1. The average Bonchev–Trinajstić information content (AvgIpc) is 2.38. The summed E-state index contributed by atoms with van der Waals surface area (Å²) in [5, 5.41) is 2.70. The summed E-state index contributed by atoms with van der Waals surface area (Å²) in [7, 11) is 3.25. The molecule has 0 aromatic rings. The van der Waals surface area contributed by atoms with Crippen LogP contribution in [0.2, 0.25) is 0 Å². The summed E-state index contributed by atoms with van der Waals surface area (Å²) in [6.45, 7) is 1.04. The highest BCUT2D eigenvalue weighted by atomic mass is 16.5. The van der Waals surface area contributed by atoms with Gasteiger partial charge in [-0.05, 0) is 25.2 Å². The fourth-order valence-electron chi connectivity index (χ4n) is 2.57. The van der Waals surface area contributed by atoms with E-state index < -0.39 is 0 Å². The van der Waals surface area contributed by atoms with E-state index in [1.807, 2.05) is 0 Å². The highest BCUT2D eigenvalue weighted by Gasteiger charge is 2.23. The minimum absolute atomic E-state index is 0.0194. The standard InChI is InChI=1S/C14H27N3O3/c1-17(10-13(18)16-6-7-20-2)14(19)9-11-4-3-5-12(15)8-11/h11-12H,3-10,15H2,1-2H3,(H,16,18). The summed E-state index contributed by atoms with van der Waals surface area (Å²) >= 11 is 0. The molecule has 0 radical (unpaired) electrons. The Morgan fingerprint density at radius 1 is 1.40 bits per heavy atom. The molecule has 6 nitrogen and oxygen atoms in total. The van der Waals surface area contributed by atoms with Crippen molar-refractivity contribution in [2.24, 2.45) is 11.7 Å². The molecule has 1 fully saturated rings. The molecule has 0 heterocycles. The van der Waals surface area contributed by atoms with Crippen LogP contribution >= 0.6 is 0 Å². The van der Waals surface area contributed by atoms with E-state index in [0.717, 1.165) is 25.7 Å². The van der Waals surface area contributed by atoms with Crippen LogP contribution in [0.15, 0.2) is 0 Å². The SMILES string of the molecule is COCCNC(=O)CN(C)C(=O)CC1CCCC(N)C1. The molecule has 20 heavy (non-hydrogen) atoms. The number of hydrogen-bond acceptors (Lipinski definition) is 4. The first-order chi connectivity index (χ1) is 9.52. The number of carbonyl (C=O) groups is 2. The van der Waals surface area contributed by atoms with Crippen LogP contribution in [0.3, 0.4) is 0 Å². The van der Waals surface area contributed by atoms with Crippen molar-refractivity contribution < 1.29 is 14.3 Å². The lowest BCUT2D eigenvalue weighted by Gasteiger charge is -2.27. The van der Waals surface area contributed by atoms with E-state index in [2.05, 4.69) is 5.32 Å². The normalized spacial score (nSPS) is 22.4. The molecule has 0 saturated heterocycles. The third-order valence-corrected chi connectivity index (χ3v) is 3.72. The first-order valence-electron chi connectivity index (χ1n) is 7.28. The van der Waals surface area contributed by atoms with Crippen molar-refractivity contribution in [2.45, 2.75) is 38.1 Å². The van der Waals surface area contributed by atoms with E-state index in [1.165, 1.54) is 4.90 Å². The number of nitrogens with zero attached hydrogens (tertiary/aromatic N) is 1. The van der Waals surface area contributed by atoms with Gasteiger partial charge in [-0.15, -0.1) is 0 Å². The van der Waals surface area contributed by atoms with Crippen LogP contribution in [0.25, 0.3) is 0 Å². The lowest BCUT2D eigenvalue weighted by molar-refractivity contribution is -0.135. The first kappa shape index (κ1) is 16.9. The van der Waals surface area contributed by atoms with Gasteiger partial charge in [0.05, 0.1) is 13.2 Å². The molecule has 1 aliphatic carbocycles. The molecule has 0 aliphatic heterocycles.